The zero-order chi connectivity index (χ0) is 14.4. The number of hydrogen-bond acceptors (Lipinski definition) is 3. The molecular weight excluding hydrogens is 311 g/mol. The van der Waals surface area contributed by atoms with Crippen LogP contribution >= 0.6 is 23.2 Å². The van der Waals surface area contributed by atoms with Crippen LogP contribution in [0.2, 0.25) is 10.0 Å². The Morgan fingerprint density at radius 1 is 1.42 bits per heavy atom. The number of aliphatic carboxylic acids is 1. The normalized spacial score (nSPS) is 26.8. The summed E-state index contributed by atoms with van der Waals surface area (Å²) in [7, 11) is -4.08. The number of hydrogen-bond donors (Lipinski definition) is 1. The average molecular weight is 323 g/mol. The minimum absolute atomic E-state index is 0.0101. The molecule has 104 valence electrons. The van der Waals surface area contributed by atoms with Gasteiger partial charge in [0.05, 0.1) is 9.92 Å². The third-order valence-electron chi connectivity index (χ3n) is 3.77. The Balaban J connectivity index is 2.66. The fourth-order valence-corrected chi connectivity index (χ4v) is 5.33. The number of carboxylic acids is 1. The van der Waals surface area contributed by atoms with Crippen LogP contribution in [0.3, 0.4) is 0 Å². The molecule has 2 unspecified atom stereocenters. The van der Waals surface area contributed by atoms with E-state index in [1.54, 1.807) is 6.92 Å². The van der Waals surface area contributed by atoms with Crippen LogP contribution < -0.4 is 0 Å². The summed E-state index contributed by atoms with van der Waals surface area (Å²) in [5.74, 6) is -1.78. The highest BCUT2D eigenvalue weighted by atomic mass is 35.5. The van der Waals surface area contributed by atoms with Gasteiger partial charge in [-0.2, -0.15) is 0 Å². The second-order valence-corrected chi connectivity index (χ2v) is 7.73. The topological polar surface area (TPSA) is 71.4 Å². The molecule has 19 heavy (non-hydrogen) atoms. The van der Waals surface area contributed by atoms with Crippen molar-refractivity contribution >= 4 is 39.0 Å². The van der Waals surface area contributed by atoms with Gasteiger partial charge in [0, 0.05) is 5.02 Å². The highest BCUT2D eigenvalue weighted by molar-refractivity contribution is 7.93. The van der Waals surface area contributed by atoms with Crippen molar-refractivity contribution in [1.82, 2.24) is 0 Å². The molecule has 1 aliphatic carbocycles. The summed E-state index contributed by atoms with van der Waals surface area (Å²) in [4.78, 5) is 11.3. The average Bonchev–Trinajstić information content (AvgIpc) is 2.29. The molecule has 7 heteroatoms. The SMILES string of the molecule is CC1CCC1(C(=O)O)S(=O)(=O)c1cc(Cl)ccc1Cl. The van der Waals surface area contributed by atoms with Crippen LogP contribution in [-0.4, -0.2) is 24.2 Å². The number of sulfone groups is 1. The van der Waals surface area contributed by atoms with Crippen molar-refractivity contribution in [3.8, 4) is 0 Å². The van der Waals surface area contributed by atoms with Gasteiger partial charge in [-0.25, -0.2) is 8.42 Å². The molecular formula is C12H12Cl2O4S. The summed E-state index contributed by atoms with van der Waals surface area (Å²) in [6.45, 7) is 1.62. The molecule has 4 nitrogen and oxygen atoms in total. The summed E-state index contributed by atoms with van der Waals surface area (Å²) < 4.78 is 23.5. The molecule has 0 aliphatic heterocycles. The standard InChI is InChI=1S/C12H12Cl2O4S/c1-7-4-5-12(7,11(15)16)19(17,18)10-6-8(13)2-3-9(10)14/h2-3,6-7H,4-5H2,1H3,(H,15,16). The van der Waals surface area contributed by atoms with Crippen LogP contribution in [0.1, 0.15) is 19.8 Å². The molecule has 0 aromatic heterocycles. The van der Waals surface area contributed by atoms with Crippen molar-refractivity contribution in [3.05, 3.63) is 28.2 Å². The van der Waals surface area contributed by atoms with E-state index >= 15 is 0 Å². The van der Waals surface area contributed by atoms with Gasteiger partial charge in [-0.15, -0.1) is 0 Å². The molecule has 0 heterocycles. The molecule has 1 aromatic rings. The summed E-state index contributed by atoms with van der Waals surface area (Å²) in [5, 5.41) is 9.55. The van der Waals surface area contributed by atoms with E-state index < -0.39 is 26.5 Å². The van der Waals surface area contributed by atoms with Gasteiger partial charge >= 0.3 is 5.97 Å². The number of rotatable bonds is 3. The van der Waals surface area contributed by atoms with Crippen LogP contribution in [0.15, 0.2) is 23.1 Å². The van der Waals surface area contributed by atoms with Gasteiger partial charge in [0.1, 0.15) is 0 Å². The van der Waals surface area contributed by atoms with Crippen LogP contribution in [0.4, 0.5) is 0 Å². The highest BCUT2D eigenvalue weighted by Crippen LogP contribution is 2.49. The van der Waals surface area contributed by atoms with E-state index in [9.17, 15) is 18.3 Å². The molecule has 2 rings (SSSR count). The lowest BCUT2D eigenvalue weighted by atomic mass is 9.74. The fourth-order valence-electron chi connectivity index (χ4n) is 2.41. The Morgan fingerprint density at radius 3 is 2.47 bits per heavy atom. The predicted octanol–water partition coefficient (Wildman–Crippen LogP) is 3.02. The zero-order valence-corrected chi connectivity index (χ0v) is 12.4. The molecule has 0 radical (unpaired) electrons. The van der Waals surface area contributed by atoms with Crippen LogP contribution in [0, 0.1) is 5.92 Å². The first-order valence-electron chi connectivity index (χ1n) is 5.66. The molecule has 1 aliphatic rings. The molecule has 2 atom stereocenters. The van der Waals surface area contributed by atoms with Crippen LogP contribution in [0.25, 0.3) is 0 Å². The lowest BCUT2D eigenvalue weighted by molar-refractivity contribution is -0.144. The van der Waals surface area contributed by atoms with E-state index in [0.29, 0.717) is 6.42 Å². The summed E-state index contributed by atoms with van der Waals surface area (Å²) in [6, 6.07) is 4.02. The number of carbonyl (C=O) groups is 1. The van der Waals surface area contributed by atoms with Crippen LogP contribution in [0.5, 0.6) is 0 Å². The highest BCUT2D eigenvalue weighted by Gasteiger charge is 2.61. The lowest BCUT2D eigenvalue weighted by Crippen LogP contribution is -2.58. The van der Waals surface area contributed by atoms with Crippen molar-refractivity contribution in [2.45, 2.75) is 29.4 Å². The van der Waals surface area contributed by atoms with E-state index in [-0.39, 0.29) is 21.4 Å². The molecule has 0 saturated heterocycles. The molecule has 1 fully saturated rings. The van der Waals surface area contributed by atoms with Crippen LogP contribution in [-0.2, 0) is 14.6 Å². The Hall–Kier alpha value is -0.780. The van der Waals surface area contributed by atoms with Crippen molar-refractivity contribution in [2.75, 3.05) is 0 Å². The minimum Gasteiger partial charge on any atom is -0.480 e. The molecule has 0 amide bonds. The minimum atomic E-state index is -4.08. The summed E-state index contributed by atoms with van der Waals surface area (Å²) in [6.07, 6.45) is 0.651. The van der Waals surface area contributed by atoms with E-state index in [4.69, 9.17) is 23.2 Å². The summed E-state index contributed by atoms with van der Waals surface area (Å²) in [5.41, 5.74) is 0. The Kier molecular flexibility index (Phi) is 3.58. The van der Waals surface area contributed by atoms with Gasteiger partial charge < -0.3 is 5.11 Å². The van der Waals surface area contributed by atoms with Crippen molar-refractivity contribution in [3.63, 3.8) is 0 Å². The van der Waals surface area contributed by atoms with Gasteiger partial charge in [-0.1, -0.05) is 30.1 Å². The quantitative estimate of drug-likeness (QED) is 0.928. The molecule has 1 N–H and O–H groups in total. The van der Waals surface area contributed by atoms with Crippen molar-refractivity contribution < 1.29 is 18.3 Å². The molecule has 0 bridgehead atoms. The predicted molar refractivity (Wildman–Crippen MR) is 72.4 cm³/mol. The van der Waals surface area contributed by atoms with Gasteiger partial charge in [-0.05, 0) is 37.0 Å². The summed E-state index contributed by atoms with van der Waals surface area (Å²) >= 11 is 11.7. The monoisotopic (exact) mass is 322 g/mol. The van der Waals surface area contributed by atoms with E-state index in [1.807, 2.05) is 0 Å². The molecule has 0 spiro atoms. The number of halogens is 2. The maximum Gasteiger partial charge on any atom is 0.325 e. The number of benzene rings is 1. The largest absolute Gasteiger partial charge is 0.480 e. The third kappa shape index (κ3) is 1.95. The van der Waals surface area contributed by atoms with Gasteiger partial charge in [0.2, 0.25) is 0 Å². The van der Waals surface area contributed by atoms with Gasteiger partial charge in [0.15, 0.2) is 14.6 Å². The Labute approximate surface area is 121 Å². The molecule has 1 saturated carbocycles. The first-order valence-corrected chi connectivity index (χ1v) is 7.90. The Bertz CT molecular complexity index is 641. The third-order valence-corrected chi connectivity index (χ3v) is 7.10. The first kappa shape index (κ1) is 14.6. The van der Waals surface area contributed by atoms with Crippen molar-refractivity contribution in [2.24, 2.45) is 5.92 Å². The number of carboxylic acid groups (broad SMARTS) is 1. The van der Waals surface area contributed by atoms with E-state index in [1.165, 1.54) is 18.2 Å². The second-order valence-electron chi connectivity index (χ2n) is 4.71. The first-order chi connectivity index (χ1) is 8.73. The van der Waals surface area contributed by atoms with E-state index in [0.717, 1.165) is 0 Å². The maximum atomic E-state index is 12.6. The Morgan fingerprint density at radius 2 is 2.05 bits per heavy atom. The van der Waals surface area contributed by atoms with Gasteiger partial charge in [-0.3, -0.25) is 4.79 Å². The lowest BCUT2D eigenvalue weighted by Gasteiger charge is -2.43. The van der Waals surface area contributed by atoms with E-state index in [2.05, 4.69) is 0 Å². The molecule has 1 aromatic carbocycles. The second kappa shape index (κ2) is 4.65. The van der Waals surface area contributed by atoms with Crippen molar-refractivity contribution in [1.29, 1.82) is 0 Å². The zero-order valence-electron chi connectivity index (χ0n) is 10.1. The smallest absolute Gasteiger partial charge is 0.325 e. The fraction of sp³-hybridized carbons (Fsp3) is 0.417. The van der Waals surface area contributed by atoms with Gasteiger partial charge in [0.25, 0.3) is 0 Å². The maximum absolute atomic E-state index is 12.6.